The van der Waals surface area contributed by atoms with E-state index in [1.165, 1.54) is 0 Å². The van der Waals surface area contributed by atoms with Crippen LogP contribution in [0.1, 0.15) is 29.7 Å². The van der Waals surface area contributed by atoms with Crippen LogP contribution in [0.25, 0.3) is 11.5 Å². The molecular formula is C19H18N2O3. The average Bonchev–Trinajstić information content (AvgIpc) is 3.01. The second kappa shape index (κ2) is 5.37. The Bertz CT molecular complexity index is 889. The molecule has 5 heteroatoms. The number of benzene rings is 1. The first kappa shape index (κ1) is 14.8. The van der Waals surface area contributed by atoms with Gasteiger partial charge in [-0.2, -0.15) is 0 Å². The molecule has 1 fully saturated rings. The Morgan fingerprint density at radius 3 is 2.71 bits per heavy atom. The molecule has 0 bridgehead atoms. The number of hydrogen-bond acceptors (Lipinski definition) is 4. The van der Waals surface area contributed by atoms with Gasteiger partial charge in [0.1, 0.15) is 0 Å². The van der Waals surface area contributed by atoms with Gasteiger partial charge in [-0.1, -0.05) is 17.3 Å². The maximum Gasteiger partial charge on any atom is 0.236 e. The van der Waals surface area contributed by atoms with Crippen LogP contribution in [-0.2, 0) is 10.2 Å². The molecule has 0 spiro atoms. The number of hydrogen-bond donors (Lipinski definition) is 1. The van der Waals surface area contributed by atoms with Crippen molar-refractivity contribution in [1.29, 1.82) is 0 Å². The molecule has 1 N–H and O–H groups in total. The fraction of sp³-hybridized carbons (Fsp3) is 0.263. The van der Waals surface area contributed by atoms with Crippen molar-refractivity contribution in [1.82, 2.24) is 5.16 Å². The quantitative estimate of drug-likeness (QED) is 0.781. The first-order valence-electron chi connectivity index (χ1n) is 7.99. The van der Waals surface area contributed by atoms with Crippen LogP contribution >= 0.6 is 0 Å². The van der Waals surface area contributed by atoms with Crippen LogP contribution in [0.3, 0.4) is 0 Å². The summed E-state index contributed by atoms with van der Waals surface area (Å²) >= 11 is 0. The number of rotatable bonds is 4. The summed E-state index contributed by atoms with van der Waals surface area (Å²) in [5, 5.41) is 7.17. The summed E-state index contributed by atoms with van der Waals surface area (Å²) < 4.78 is 10.7. The Labute approximate surface area is 139 Å². The second-order valence-corrected chi connectivity index (χ2v) is 6.34. The van der Waals surface area contributed by atoms with Crippen LogP contribution in [0, 0.1) is 13.8 Å². The summed E-state index contributed by atoms with van der Waals surface area (Å²) in [5.41, 5.74) is 3.15. The summed E-state index contributed by atoms with van der Waals surface area (Å²) in [6.45, 7) is 4.04. The van der Waals surface area contributed by atoms with Gasteiger partial charge in [0.05, 0.1) is 17.4 Å². The summed E-state index contributed by atoms with van der Waals surface area (Å²) in [5.74, 6) is 1.12. The molecule has 0 unspecified atom stereocenters. The van der Waals surface area contributed by atoms with Gasteiger partial charge in [0, 0.05) is 11.8 Å². The minimum atomic E-state index is -0.593. The van der Waals surface area contributed by atoms with E-state index < -0.39 is 5.41 Å². The monoisotopic (exact) mass is 322 g/mol. The van der Waals surface area contributed by atoms with E-state index in [-0.39, 0.29) is 5.91 Å². The first-order valence-corrected chi connectivity index (χ1v) is 7.99. The topological polar surface area (TPSA) is 68.3 Å². The lowest BCUT2D eigenvalue weighted by atomic mass is 10.00. The fourth-order valence-electron chi connectivity index (χ4n) is 2.89. The Balaban J connectivity index is 1.59. The predicted molar refractivity (Wildman–Crippen MR) is 89.7 cm³/mol. The Morgan fingerprint density at radius 2 is 2.00 bits per heavy atom. The largest absolute Gasteiger partial charge is 0.461 e. The van der Waals surface area contributed by atoms with Crippen molar-refractivity contribution in [3.63, 3.8) is 0 Å². The number of furan rings is 1. The molecule has 2 aromatic heterocycles. The molecule has 0 atom stereocenters. The van der Waals surface area contributed by atoms with Crippen molar-refractivity contribution in [2.75, 3.05) is 5.32 Å². The molecule has 24 heavy (non-hydrogen) atoms. The highest BCUT2D eigenvalue weighted by molar-refractivity contribution is 6.01. The molecule has 0 aliphatic heterocycles. The molecule has 122 valence electrons. The molecule has 5 nitrogen and oxygen atoms in total. The molecule has 1 aliphatic carbocycles. The normalized spacial score (nSPS) is 15.2. The molecule has 1 aliphatic rings. The lowest BCUT2D eigenvalue weighted by Crippen LogP contribution is -2.28. The SMILES string of the molecule is Cc1cccc(NC(=O)C2(c3cc(-c4ccco4)on3)CC2)c1C. The van der Waals surface area contributed by atoms with Gasteiger partial charge in [-0.15, -0.1) is 0 Å². The van der Waals surface area contributed by atoms with E-state index in [0.29, 0.717) is 17.2 Å². The number of nitrogens with one attached hydrogen (secondary N) is 1. The predicted octanol–water partition coefficient (Wildman–Crippen LogP) is 4.22. The maximum atomic E-state index is 12.8. The van der Waals surface area contributed by atoms with Crippen molar-refractivity contribution in [2.45, 2.75) is 32.1 Å². The number of aromatic nitrogens is 1. The fourth-order valence-corrected chi connectivity index (χ4v) is 2.89. The average molecular weight is 322 g/mol. The van der Waals surface area contributed by atoms with Crippen molar-refractivity contribution in [3.8, 4) is 11.5 Å². The molecular weight excluding hydrogens is 304 g/mol. The molecule has 0 radical (unpaired) electrons. The highest BCUT2D eigenvalue weighted by Gasteiger charge is 2.54. The summed E-state index contributed by atoms with van der Waals surface area (Å²) in [6.07, 6.45) is 3.12. The number of anilines is 1. The Hall–Kier alpha value is -2.82. The van der Waals surface area contributed by atoms with Gasteiger partial charge in [0.2, 0.25) is 11.7 Å². The standard InChI is InChI=1S/C19H18N2O3/c1-12-5-3-6-14(13(12)2)20-18(22)19(8-9-19)17-11-16(24-21-17)15-7-4-10-23-15/h3-7,10-11H,8-9H2,1-2H3,(H,20,22). The van der Waals surface area contributed by atoms with Crippen LogP contribution in [0.15, 0.2) is 51.6 Å². The third kappa shape index (κ3) is 2.33. The van der Waals surface area contributed by atoms with Gasteiger partial charge in [0.25, 0.3) is 0 Å². The van der Waals surface area contributed by atoms with E-state index in [1.807, 2.05) is 32.0 Å². The van der Waals surface area contributed by atoms with Gasteiger partial charge in [0.15, 0.2) is 5.76 Å². The molecule has 0 saturated heterocycles. The zero-order chi connectivity index (χ0) is 16.7. The second-order valence-electron chi connectivity index (χ2n) is 6.34. The molecule has 1 amide bonds. The van der Waals surface area contributed by atoms with Crippen LogP contribution in [0.5, 0.6) is 0 Å². The van der Waals surface area contributed by atoms with Gasteiger partial charge in [-0.05, 0) is 56.0 Å². The van der Waals surface area contributed by atoms with Crippen LogP contribution < -0.4 is 5.32 Å². The molecule has 4 rings (SSSR count). The molecule has 3 aromatic rings. The zero-order valence-corrected chi connectivity index (χ0v) is 13.6. The van der Waals surface area contributed by atoms with E-state index in [9.17, 15) is 4.79 Å². The number of aryl methyl sites for hydroxylation is 1. The van der Waals surface area contributed by atoms with E-state index in [0.717, 1.165) is 29.7 Å². The van der Waals surface area contributed by atoms with E-state index in [2.05, 4.69) is 10.5 Å². The van der Waals surface area contributed by atoms with Crippen molar-refractivity contribution in [3.05, 3.63) is 59.5 Å². The number of carbonyl (C=O) groups excluding carboxylic acids is 1. The van der Waals surface area contributed by atoms with Gasteiger partial charge in [-0.3, -0.25) is 4.79 Å². The van der Waals surface area contributed by atoms with Gasteiger partial charge in [-0.25, -0.2) is 0 Å². The Kier molecular flexibility index (Phi) is 3.30. The third-order valence-corrected chi connectivity index (χ3v) is 4.80. The smallest absolute Gasteiger partial charge is 0.236 e. The van der Waals surface area contributed by atoms with Gasteiger partial charge < -0.3 is 14.3 Å². The first-order chi connectivity index (χ1) is 11.6. The van der Waals surface area contributed by atoms with Crippen molar-refractivity contribution < 1.29 is 13.7 Å². The highest BCUT2D eigenvalue weighted by atomic mass is 16.5. The highest BCUT2D eigenvalue weighted by Crippen LogP contribution is 2.49. The van der Waals surface area contributed by atoms with Crippen LogP contribution in [0.2, 0.25) is 0 Å². The summed E-state index contributed by atoms with van der Waals surface area (Å²) in [6, 6.07) is 11.3. The number of amides is 1. The minimum absolute atomic E-state index is 0.0319. The van der Waals surface area contributed by atoms with Gasteiger partial charge >= 0.3 is 0 Å². The molecule has 1 saturated carbocycles. The zero-order valence-electron chi connectivity index (χ0n) is 13.6. The lowest BCUT2D eigenvalue weighted by Gasteiger charge is -2.15. The number of nitrogens with zero attached hydrogens (tertiary/aromatic N) is 1. The van der Waals surface area contributed by atoms with Crippen LogP contribution in [0.4, 0.5) is 5.69 Å². The summed E-state index contributed by atoms with van der Waals surface area (Å²) in [4.78, 5) is 12.8. The minimum Gasteiger partial charge on any atom is -0.461 e. The van der Waals surface area contributed by atoms with Crippen molar-refractivity contribution >= 4 is 11.6 Å². The molecule has 1 aromatic carbocycles. The van der Waals surface area contributed by atoms with E-state index in [4.69, 9.17) is 8.94 Å². The number of carbonyl (C=O) groups is 1. The summed E-state index contributed by atoms with van der Waals surface area (Å²) in [7, 11) is 0. The maximum absolute atomic E-state index is 12.8. The third-order valence-electron chi connectivity index (χ3n) is 4.80. The Morgan fingerprint density at radius 1 is 1.17 bits per heavy atom. The lowest BCUT2D eigenvalue weighted by molar-refractivity contribution is -0.118. The van der Waals surface area contributed by atoms with E-state index >= 15 is 0 Å². The molecule has 2 heterocycles. The van der Waals surface area contributed by atoms with Crippen LogP contribution in [-0.4, -0.2) is 11.1 Å². The van der Waals surface area contributed by atoms with Crippen molar-refractivity contribution in [2.24, 2.45) is 0 Å². The van der Waals surface area contributed by atoms with E-state index in [1.54, 1.807) is 24.5 Å².